The lowest BCUT2D eigenvalue weighted by Crippen LogP contribution is -2.29. The van der Waals surface area contributed by atoms with Crippen LogP contribution in [0.2, 0.25) is 0 Å². The van der Waals surface area contributed by atoms with Gasteiger partial charge in [-0.1, -0.05) is 12.1 Å². The van der Waals surface area contributed by atoms with Crippen molar-refractivity contribution in [3.63, 3.8) is 0 Å². The van der Waals surface area contributed by atoms with Gasteiger partial charge in [-0.25, -0.2) is 0 Å². The highest BCUT2D eigenvalue weighted by molar-refractivity contribution is 6.51. The Kier molecular flexibility index (Phi) is 7.53. The van der Waals surface area contributed by atoms with Gasteiger partial charge in [-0.05, 0) is 61.0 Å². The van der Waals surface area contributed by atoms with Gasteiger partial charge in [0.1, 0.15) is 22.8 Å². The predicted molar refractivity (Wildman–Crippen MR) is 140 cm³/mol. The van der Waals surface area contributed by atoms with Crippen LogP contribution in [0.25, 0.3) is 5.76 Å². The number of benzene rings is 3. The molecule has 1 aliphatic heterocycles. The van der Waals surface area contributed by atoms with Crippen LogP contribution in [0.3, 0.4) is 0 Å². The zero-order valence-corrected chi connectivity index (χ0v) is 21.3. The van der Waals surface area contributed by atoms with E-state index in [1.54, 1.807) is 60.7 Å². The van der Waals surface area contributed by atoms with E-state index < -0.39 is 23.5 Å². The summed E-state index contributed by atoms with van der Waals surface area (Å²) in [6.45, 7) is 2.18. The first-order valence-corrected chi connectivity index (χ1v) is 11.7. The van der Waals surface area contributed by atoms with Gasteiger partial charge in [-0.15, -0.1) is 0 Å². The number of methoxy groups -OCH3 is 3. The molecule has 0 aliphatic carbocycles. The zero-order chi connectivity index (χ0) is 27.4. The predicted octanol–water partition coefficient (Wildman–Crippen LogP) is 4.61. The molecule has 194 valence electrons. The molecule has 0 spiro atoms. The van der Waals surface area contributed by atoms with Crippen LogP contribution in [-0.4, -0.2) is 44.7 Å². The van der Waals surface area contributed by atoms with Crippen molar-refractivity contribution in [2.75, 3.05) is 32.8 Å². The van der Waals surface area contributed by atoms with E-state index in [9.17, 15) is 20.0 Å². The number of anilines is 1. The third-order valence-corrected chi connectivity index (χ3v) is 6.19. The van der Waals surface area contributed by atoms with Crippen LogP contribution in [0.5, 0.6) is 23.0 Å². The van der Waals surface area contributed by atoms with E-state index in [1.807, 2.05) is 13.0 Å². The molecule has 1 fully saturated rings. The number of amides is 1. The molecule has 0 bridgehead atoms. The first-order chi connectivity index (χ1) is 18.4. The summed E-state index contributed by atoms with van der Waals surface area (Å²) in [5, 5.41) is 20.8. The summed E-state index contributed by atoms with van der Waals surface area (Å²) in [4.78, 5) is 28.3. The summed E-state index contributed by atoms with van der Waals surface area (Å²) in [7, 11) is 4.36. The van der Waals surface area contributed by atoms with Gasteiger partial charge in [0.05, 0.1) is 51.2 Å². The topological polar surface area (TPSA) is 118 Å². The number of carbonyl (C=O) groups is 2. The van der Waals surface area contributed by atoms with E-state index in [2.05, 4.69) is 0 Å². The molecule has 9 heteroatoms. The highest BCUT2D eigenvalue weighted by atomic mass is 16.5. The van der Waals surface area contributed by atoms with Crippen molar-refractivity contribution < 1.29 is 33.6 Å². The smallest absolute Gasteiger partial charge is 0.300 e. The van der Waals surface area contributed by atoms with E-state index in [4.69, 9.17) is 18.9 Å². The normalized spacial score (nSPS) is 16.2. The Balaban J connectivity index is 2.02. The third-order valence-electron chi connectivity index (χ3n) is 6.19. The summed E-state index contributed by atoms with van der Waals surface area (Å²) in [5.41, 5.74) is 1.24. The van der Waals surface area contributed by atoms with Crippen LogP contribution in [0.4, 0.5) is 5.69 Å². The summed E-state index contributed by atoms with van der Waals surface area (Å²) < 4.78 is 22.0. The van der Waals surface area contributed by atoms with Crippen molar-refractivity contribution >= 4 is 23.1 Å². The summed E-state index contributed by atoms with van der Waals surface area (Å²) in [6.07, 6.45) is 0. The molecule has 9 nitrogen and oxygen atoms in total. The molecule has 3 aromatic carbocycles. The minimum atomic E-state index is -1.04. The molecule has 1 saturated heterocycles. The van der Waals surface area contributed by atoms with Gasteiger partial charge < -0.3 is 24.1 Å². The monoisotopic (exact) mass is 514 g/mol. The van der Waals surface area contributed by atoms with Crippen molar-refractivity contribution in [1.82, 2.24) is 0 Å². The van der Waals surface area contributed by atoms with Crippen molar-refractivity contribution in [1.29, 1.82) is 5.26 Å². The first kappa shape index (κ1) is 26.1. The fourth-order valence-electron chi connectivity index (χ4n) is 4.46. The molecule has 1 aliphatic rings. The lowest BCUT2D eigenvalue weighted by molar-refractivity contribution is -0.132. The third kappa shape index (κ3) is 4.48. The Bertz CT molecular complexity index is 1430. The molecule has 1 amide bonds. The van der Waals surface area contributed by atoms with Gasteiger partial charge in [0.2, 0.25) is 0 Å². The Morgan fingerprint density at radius 2 is 1.55 bits per heavy atom. The summed E-state index contributed by atoms with van der Waals surface area (Å²) in [5.74, 6) is -0.787. The van der Waals surface area contributed by atoms with E-state index >= 15 is 0 Å². The second-order valence-electron chi connectivity index (χ2n) is 8.21. The highest BCUT2D eigenvalue weighted by Gasteiger charge is 2.47. The number of ether oxygens (including phenoxy) is 4. The Morgan fingerprint density at radius 1 is 0.921 bits per heavy atom. The van der Waals surface area contributed by atoms with E-state index in [0.717, 1.165) is 0 Å². The SMILES string of the molecule is CCOc1cc(C2/C(=C(\O)c3c(OC)cccc3OC)C(=O)C(=O)N2c2ccc(C#N)cc2)ccc1OC. The van der Waals surface area contributed by atoms with Crippen LogP contribution < -0.4 is 23.8 Å². The molecule has 1 atom stereocenters. The van der Waals surface area contributed by atoms with E-state index in [-0.39, 0.29) is 22.6 Å². The van der Waals surface area contributed by atoms with Crippen molar-refractivity contribution in [2.45, 2.75) is 13.0 Å². The molecule has 1 N–H and O–H groups in total. The number of hydrogen-bond donors (Lipinski definition) is 1. The molecule has 1 unspecified atom stereocenters. The highest BCUT2D eigenvalue weighted by Crippen LogP contribution is 2.46. The molecular weight excluding hydrogens is 488 g/mol. The van der Waals surface area contributed by atoms with E-state index in [0.29, 0.717) is 34.9 Å². The van der Waals surface area contributed by atoms with Crippen molar-refractivity contribution in [3.8, 4) is 29.1 Å². The number of Topliss-reactive ketones (excluding diaryl/α,β-unsaturated/α-hetero) is 1. The van der Waals surface area contributed by atoms with Gasteiger partial charge in [0.15, 0.2) is 11.5 Å². The lowest BCUT2D eigenvalue weighted by Gasteiger charge is -2.26. The fourth-order valence-corrected chi connectivity index (χ4v) is 4.46. The largest absolute Gasteiger partial charge is 0.506 e. The Labute approximate surface area is 220 Å². The fraction of sp³-hybridized carbons (Fsp3) is 0.207. The number of nitrogens with zero attached hydrogens (tertiary/aromatic N) is 2. The second kappa shape index (κ2) is 11.0. The standard InChI is InChI=1S/C29H26N2O7/c1-5-38-23-15-18(11-14-20(23)35-2)26-25(27(32)24-21(36-3)7-6-8-22(24)37-4)28(33)29(34)31(26)19-12-9-17(16-30)10-13-19/h6-15,26,32H,5H2,1-4H3/b27-25+. The maximum Gasteiger partial charge on any atom is 0.300 e. The van der Waals surface area contributed by atoms with E-state index in [1.165, 1.54) is 26.2 Å². The van der Waals surface area contributed by atoms with Gasteiger partial charge in [-0.3, -0.25) is 14.5 Å². The number of nitriles is 1. The number of hydrogen-bond acceptors (Lipinski definition) is 8. The molecular formula is C29H26N2O7. The summed E-state index contributed by atoms with van der Waals surface area (Å²) in [6, 6.07) is 17.2. The lowest BCUT2D eigenvalue weighted by atomic mass is 9.94. The Hall–Kier alpha value is -4.97. The minimum Gasteiger partial charge on any atom is -0.506 e. The van der Waals surface area contributed by atoms with Gasteiger partial charge in [0, 0.05) is 5.69 Å². The number of carbonyl (C=O) groups excluding carboxylic acids is 2. The number of ketones is 1. The molecule has 1 heterocycles. The van der Waals surface area contributed by atoms with Crippen LogP contribution in [0.15, 0.2) is 66.2 Å². The van der Waals surface area contributed by atoms with Crippen molar-refractivity contribution in [3.05, 3.63) is 82.9 Å². The van der Waals surface area contributed by atoms with Crippen molar-refractivity contribution in [2.24, 2.45) is 0 Å². The molecule has 4 rings (SSSR count). The maximum atomic E-state index is 13.5. The average molecular weight is 515 g/mol. The molecule has 0 saturated carbocycles. The number of aliphatic hydroxyl groups excluding tert-OH is 1. The molecule has 38 heavy (non-hydrogen) atoms. The second-order valence-corrected chi connectivity index (χ2v) is 8.21. The summed E-state index contributed by atoms with van der Waals surface area (Å²) >= 11 is 0. The maximum absolute atomic E-state index is 13.5. The molecule has 0 radical (unpaired) electrons. The van der Waals surface area contributed by atoms with Gasteiger partial charge in [-0.2, -0.15) is 5.26 Å². The van der Waals surface area contributed by atoms with Crippen LogP contribution >= 0.6 is 0 Å². The van der Waals surface area contributed by atoms with Crippen LogP contribution in [0.1, 0.15) is 29.7 Å². The van der Waals surface area contributed by atoms with Crippen LogP contribution in [0, 0.1) is 11.3 Å². The van der Waals surface area contributed by atoms with Crippen LogP contribution in [-0.2, 0) is 9.59 Å². The first-order valence-electron chi connectivity index (χ1n) is 11.7. The average Bonchev–Trinajstić information content (AvgIpc) is 3.22. The molecule has 3 aromatic rings. The molecule has 0 aromatic heterocycles. The number of rotatable bonds is 8. The quantitative estimate of drug-likeness (QED) is 0.263. The zero-order valence-electron chi connectivity index (χ0n) is 21.3. The number of aliphatic hydroxyl groups is 1. The van der Waals surface area contributed by atoms with Gasteiger partial charge >= 0.3 is 0 Å². The van der Waals surface area contributed by atoms with Gasteiger partial charge in [0.25, 0.3) is 11.7 Å². The minimum absolute atomic E-state index is 0.138. The Morgan fingerprint density at radius 3 is 2.11 bits per heavy atom.